The minimum absolute atomic E-state index is 0.0333. The van der Waals surface area contributed by atoms with E-state index in [-0.39, 0.29) is 21.6 Å². The number of nitrogens with one attached hydrogen (secondary N) is 1. The van der Waals surface area contributed by atoms with E-state index in [4.69, 9.17) is 11.6 Å². The summed E-state index contributed by atoms with van der Waals surface area (Å²) in [6.45, 7) is 0. The zero-order valence-corrected chi connectivity index (χ0v) is 15.9. The van der Waals surface area contributed by atoms with Crippen LogP contribution in [0.1, 0.15) is 11.1 Å². The molecule has 0 amide bonds. The summed E-state index contributed by atoms with van der Waals surface area (Å²) in [6.07, 6.45) is 0. The Morgan fingerprint density at radius 2 is 1.74 bits per heavy atom. The quantitative estimate of drug-likeness (QED) is 0.449. The van der Waals surface area contributed by atoms with Crippen LogP contribution in [0.25, 0.3) is 0 Å². The minimum Gasteiger partial charge on any atom is -0.285 e. The first-order valence-electron chi connectivity index (χ1n) is 7.52. The monoisotopic (exact) mass is 429 g/mol. The van der Waals surface area contributed by atoms with Crippen molar-refractivity contribution in [3.63, 3.8) is 0 Å². The van der Waals surface area contributed by atoms with Crippen molar-refractivity contribution in [3.8, 4) is 0 Å². The van der Waals surface area contributed by atoms with Gasteiger partial charge in [0.15, 0.2) is 21.9 Å². The number of benzene rings is 2. The van der Waals surface area contributed by atoms with Crippen molar-refractivity contribution in [2.24, 2.45) is 0 Å². The number of aromatic nitrogens is 3. The van der Waals surface area contributed by atoms with Gasteiger partial charge in [-0.05, 0) is 23.8 Å². The Morgan fingerprint density at radius 3 is 2.52 bits per heavy atom. The van der Waals surface area contributed by atoms with Gasteiger partial charge in [0.1, 0.15) is 5.82 Å². The maximum atomic E-state index is 13.7. The van der Waals surface area contributed by atoms with E-state index in [0.29, 0.717) is 16.8 Å². The van der Waals surface area contributed by atoms with Crippen LogP contribution in [0.15, 0.2) is 51.5 Å². The van der Waals surface area contributed by atoms with Crippen LogP contribution >= 0.6 is 35.1 Å². The van der Waals surface area contributed by atoms with Gasteiger partial charge in [-0.3, -0.25) is 4.98 Å². The molecule has 4 nitrogen and oxygen atoms in total. The highest BCUT2D eigenvalue weighted by atomic mass is 35.5. The largest absolute Gasteiger partial charge is 0.349 e. The van der Waals surface area contributed by atoms with Crippen LogP contribution in [-0.2, 0) is 11.5 Å². The molecule has 3 rings (SSSR count). The fourth-order valence-corrected chi connectivity index (χ4v) is 3.95. The van der Waals surface area contributed by atoms with Crippen LogP contribution < -0.4 is 5.69 Å². The first-order valence-corrected chi connectivity index (χ1v) is 9.87. The summed E-state index contributed by atoms with van der Waals surface area (Å²) < 4.78 is 39.9. The fourth-order valence-electron chi connectivity index (χ4n) is 2.07. The van der Waals surface area contributed by atoms with Crippen molar-refractivity contribution >= 4 is 35.1 Å². The van der Waals surface area contributed by atoms with Gasteiger partial charge in [-0.15, -0.1) is 0 Å². The van der Waals surface area contributed by atoms with Crippen molar-refractivity contribution in [1.82, 2.24) is 15.0 Å². The summed E-state index contributed by atoms with van der Waals surface area (Å²) in [6, 6.07) is 8.52. The Hall–Kier alpha value is -1.97. The summed E-state index contributed by atoms with van der Waals surface area (Å²) in [4.78, 5) is 22.1. The van der Waals surface area contributed by atoms with E-state index in [9.17, 15) is 18.0 Å². The highest BCUT2D eigenvalue weighted by Gasteiger charge is 2.12. The second-order valence-corrected chi connectivity index (χ2v) is 7.65. The fraction of sp³-hybridized carbons (Fsp3) is 0.118. The Kier molecular flexibility index (Phi) is 6.46. The van der Waals surface area contributed by atoms with Crippen LogP contribution in [0.4, 0.5) is 13.2 Å². The zero-order chi connectivity index (χ0) is 19.4. The Morgan fingerprint density at radius 1 is 0.963 bits per heavy atom. The van der Waals surface area contributed by atoms with Gasteiger partial charge in [0, 0.05) is 28.2 Å². The first kappa shape index (κ1) is 19.8. The molecule has 1 aromatic heterocycles. The van der Waals surface area contributed by atoms with Gasteiger partial charge in [0.2, 0.25) is 0 Å². The predicted molar refractivity (Wildman–Crippen MR) is 99.5 cm³/mol. The third-order valence-corrected chi connectivity index (χ3v) is 5.39. The van der Waals surface area contributed by atoms with E-state index in [1.54, 1.807) is 12.1 Å². The van der Waals surface area contributed by atoms with Gasteiger partial charge >= 0.3 is 5.69 Å². The van der Waals surface area contributed by atoms with E-state index in [0.717, 1.165) is 23.4 Å². The van der Waals surface area contributed by atoms with E-state index in [1.165, 1.54) is 11.8 Å². The molecule has 2 aromatic carbocycles. The highest BCUT2D eigenvalue weighted by molar-refractivity contribution is 7.99. The molecule has 1 N–H and O–H groups in total. The summed E-state index contributed by atoms with van der Waals surface area (Å²) in [5.74, 6) is -2.79. The molecule has 0 bridgehead atoms. The van der Waals surface area contributed by atoms with E-state index in [2.05, 4.69) is 15.0 Å². The summed E-state index contributed by atoms with van der Waals surface area (Å²) in [7, 11) is 0. The summed E-state index contributed by atoms with van der Waals surface area (Å²) in [5, 5.41) is 1.05. The smallest absolute Gasteiger partial charge is 0.285 e. The molecule has 0 unspecified atom stereocenters. The Labute approximate surface area is 165 Å². The molecular formula is C17H11ClF3N3OS2. The molecule has 3 aromatic rings. The molecular weight excluding hydrogens is 419 g/mol. The van der Waals surface area contributed by atoms with Crippen LogP contribution in [0.5, 0.6) is 0 Å². The molecule has 0 spiro atoms. The van der Waals surface area contributed by atoms with Gasteiger partial charge in [-0.25, -0.2) is 18.0 Å². The van der Waals surface area contributed by atoms with Gasteiger partial charge in [0.25, 0.3) is 0 Å². The lowest BCUT2D eigenvalue weighted by atomic mass is 10.2. The molecule has 0 aliphatic rings. The zero-order valence-electron chi connectivity index (χ0n) is 13.5. The lowest BCUT2D eigenvalue weighted by Crippen LogP contribution is -2.14. The number of hydrogen-bond acceptors (Lipinski definition) is 5. The third kappa shape index (κ3) is 5.50. The number of H-pyrrole nitrogens is 1. The van der Waals surface area contributed by atoms with Gasteiger partial charge < -0.3 is 0 Å². The predicted octanol–water partition coefficient (Wildman–Crippen LogP) is 4.82. The molecule has 0 aliphatic heterocycles. The van der Waals surface area contributed by atoms with Crippen LogP contribution in [0.3, 0.4) is 0 Å². The van der Waals surface area contributed by atoms with E-state index in [1.807, 2.05) is 12.1 Å². The number of thioether (sulfide) groups is 2. The molecule has 10 heteroatoms. The second kappa shape index (κ2) is 8.81. The molecule has 140 valence electrons. The van der Waals surface area contributed by atoms with E-state index < -0.39 is 23.1 Å². The SMILES string of the molecule is O=c1nc(SCc2cccc(Cl)c2)nc(SCc2cc(F)c(F)cc2F)[nH]1. The van der Waals surface area contributed by atoms with Gasteiger partial charge in [-0.2, -0.15) is 9.97 Å². The number of hydrogen-bond donors (Lipinski definition) is 1. The highest BCUT2D eigenvalue weighted by Crippen LogP contribution is 2.25. The standard InChI is InChI=1S/C17H11ClF3N3OS2/c18-11-3-1-2-9(4-11)7-26-16-22-15(25)23-17(24-16)27-8-10-5-13(20)14(21)6-12(10)19/h1-6H,7-8H2,(H,22,23,24,25). The lowest BCUT2D eigenvalue weighted by Gasteiger charge is -2.05. The summed E-state index contributed by atoms with van der Waals surface area (Å²) >= 11 is 8.16. The maximum absolute atomic E-state index is 13.7. The number of aromatic amines is 1. The molecule has 27 heavy (non-hydrogen) atoms. The topological polar surface area (TPSA) is 58.6 Å². The normalized spacial score (nSPS) is 11.0. The molecule has 1 heterocycles. The van der Waals surface area contributed by atoms with Gasteiger partial charge in [0.05, 0.1) is 0 Å². The van der Waals surface area contributed by atoms with Crippen molar-refractivity contribution < 1.29 is 13.2 Å². The summed E-state index contributed by atoms with van der Waals surface area (Å²) in [5.41, 5.74) is 0.299. The van der Waals surface area contributed by atoms with E-state index >= 15 is 0 Å². The Bertz CT molecular complexity index is 1030. The number of halogens is 4. The molecule has 0 saturated heterocycles. The average molecular weight is 430 g/mol. The minimum atomic E-state index is -1.25. The third-order valence-electron chi connectivity index (χ3n) is 3.32. The van der Waals surface area contributed by atoms with Crippen LogP contribution in [0, 0.1) is 17.5 Å². The van der Waals surface area contributed by atoms with Crippen molar-refractivity contribution in [3.05, 3.63) is 80.5 Å². The van der Waals surface area contributed by atoms with Crippen molar-refractivity contribution in [1.29, 1.82) is 0 Å². The first-order chi connectivity index (χ1) is 12.9. The number of nitrogens with zero attached hydrogens (tertiary/aromatic N) is 2. The molecule has 0 aliphatic carbocycles. The van der Waals surface area contributed by atoms with Crippen LogP contribution in [0.2, 0.25) is 5.02 Å². The lowest BCUT2D eigenvalue weighted by molar-refractivity contribution is 0.492. The molecule has 0 radical (unpaired) electrons. The maximum Gasteiger partial charge on any atom is 0.349 e. The molecule has 0 atom stereocenters. The van der Waals surface area contributed by atoms with Crippen molar-refractivity contribution in [2.75, 3.05) is 0 Å². The number of rotatable bonds is 6. The average Bonchev–Trinajstić information content (AvgIpc) is 2.62. The second-order valence-electron chi connectivity index (χ2n) is 5.31. The molecule has 0 saturated carbocycles. The van der Waals surface area contributed by atoms with Crippen LogP contribution in [-0.4, -0.2) is 15.0 Å². The Balaban J connectivity index is 1.70. The molecule has 0 fully saturated rings. The van der Waals surface area contributed by atoms with Crippen molar-refractivity contribution in [2.45, 2.75) is 21.8 Å². The van der Waals surface area contributed by atoms with Gasteiger partial charge in [-0.1, -0.05) is 47.3 Å².